The Bertz CT molecular complexity index is 582. The maximum atomic E-state index is 5.48. The van der Waals surface area contributed by atoms with Gasteiger partial charge in [-0.05, 0) is 31.9 Å². The predicted molar refractivity (Wildman–Crippen MR) is 75.7 cm³/mol. The van der Waals surface area contributed by atoms with Gasteiger partial charge in [-0.2, -0.15) is 4.98 Å². The summed E-state index contributed by atoms with van der Waals surface area (Å²) in [6, 6.07) is 8.33. The SMILES string of the molecule is CCOC(C)c1noc(C2CNc3ccccc3C2)n1. The summed E-state index contributed by atoms with van der Waals surface area (Å²) in [4.78, 5) is 4.48. The molecule has 1 N–H and O–H groups in total. The van der Waals surface area contributed by atoms with Gasteiger partial charge in [-0.15, -0.1) is 0 Å². The molecule has 1 aromatic heterocycles. The maximum Gasteiger partial charge on any atom is 0.231 e. The zero-order chi connectivity index (χ0) is 13.9. The van der Waals surface area contributed by atoms with E-state index in [1.165, 1.54) is 11.3 Å². The molecule has 1 aromatic carbocycles. The third-order valence-corrected chi connectivity index (χ3v) is 3.61. The van der Waals surface area contributed by atoms with Crippen LogP contribution in [-0.4, -0.2) is 23.3 Å². The number of hydrogen-bond donors (Lipinski definition) is 1. The van der Waals surface area contributed by atoms with E-state index in [4.69, 9.17) is 9.26 Å². The molecule has 106 valence electrons. The van der Waals surface area contributed by atoms with E-state index in [0.29, 0.717) is 18.3 Å². The average molecular weight is 273 g/mol. The van der Waals surface area contributed by atoms with Gasteiger partial charge in [-0.25, -0.2) is 0 Å². The van der Waals surface area contributed by atoms with Crippen molar-refractivity contribution in [1.82, 2.24) is 10.1 Å². The first kappa shape index (κ1) is 13.1. The van der Waals surface area contributed by atoms with Gasteiger partial charge in [0, 0.05) is 18.8 Å². The lowest BCUT2D eigenvalue weighted by molar-refractivity contribution is 0.0683. The second-order valence-corrected chi connectivity index (χ2v) is 5.03. The number of ether oxygens (including phenoxy) is 1. The fraction of sp³-hybridized carbons (Fsp3) is 0.467. The van der Waals surface area contributed by atoms with E-state index in [1.807, 2.05) is 19.9 Å². The van der Waals surface area contributed by atoms with Crippen LogP contribution in [0.1, 0.15) is 43.1 Å². The van der Waals surface area contributed by atoms with Gasteiger partial charge in [0.1, 0.15) is 6.10 Å². The molecule has 2 atom stereocenters. The number of nitrogens with one attached hydrogen (secondary N) is 1. The first-order chi connectivity index (χ1) is 9.78. The lowest BCUT2D eigenvalue weighted by Crippen LogP contribution is -2.21. The number of nitrogens with zero attached hydrogens (tertiary/aromatic N) is 2. The van der Waals surface area contributed by atoms with Crippen molar-refractivity contribution in [2.75, 3.05) is 18.5 Å². The molecule has 2 aromatic rings. The number of hydrogen-bond acceptors (Lipinski definition) is 5. The zero-order valence-corrected chi connectivity index (χ0v) is 11.8. The van der Waals surface area contributed by atoms with Crippen molar-refractivity contribution in [3.05, 3.63) is 41.5 Å². The summed E-state index contributed by atoms with van der Waals surface area (Å²) in [6.45, 7) is 5.36. The van der Waals surface area contributed by atoms with Crippen molar-refractivity contribution in [3.8, 4) is 0 Å². The average Bonchev–Trinajstić information content (AvgIpc) is 2.97. The molecule has 0 bridgehead atoms. The van der Waals surface area contributed by atoms with Gasteiger partial charge >= 0.3 is 0 Å². The Morgan fingerprint density at radius 2 is 2.30 bits per heavy atom. The molecule has 1 aliphatic heterocycles. The van der Waals surface area contributed by atoms with Crippen LogP contribution in [0.15, 0.2) is 28.8 Å². The largest absolute Gasteiger partial charge is 0.384 e. The Morgan fingerprint density at radius 1 is 1.45 bits per heavy atom. The van der Waals surface area contributed by atoms with Crippen molar-refractivity contribution >= 4 is 5.69 Å². The van der Waals surface area contributed by atoms with Crippen molar-refractivity contribution in [2.24, 2.45) is 0 Å². The number of para-hydroxylation sites is 1. The van der Waals surface area contributed by atoms with E-state index in [-0.39, 0.29) is 12.0 Å². The summed E-state index contributed by atoms with van der Waals surface area (Å²) in [6.07, 6.45) is 0.801. The second kappa shape index (κ2) is 5.63. The van der Waals surface area contributed by atoms with Crippen LogP contribution in [0.2, 0.25) is 0 Å². The Hall–Kier alpha value is -1.88. The van der Waals surface area contributed by atoms with E-state index in [0.717, 1.165) is 13.0 Å². The van der Waals surface area contributed by atoms with Gasteiger partial charge in [0.2, 0.25) is 5.89 Å². The number of fused-ring (bicyclic) bond motifs is 1. The summed E-state index contributed by atoms with van der Waals surface area (Å²) >= 11 is 0. The highest BCUT2D eigenvalue weighted by molar-refractivity contribution is 5.53. The molecule has 2 unspecified atom stereocenters. The summed E-state index contributed by atoms with van der Waals surface area (Å²) in [7, 11) is 0. The minimum atomic E-state index is -0.124. The zero-order valence-electron chi connectivity index (χ0n) is 11.8. The first-order valence-electron chi connectivity index (χ1n) is 7.04. The fourth-order valence-electron chi connectivity index (χ4n) is 2.52. The van der Waals surface area contributed by atoms with Gasteiger partial charge in [-0.1, -0.05) is 23.4 Å². The quantitative estimate of drug-likeness (QED) is 0.928. The minimum absolute atomic E-state index is 0.124. The standard InChI is InChI=1S/C15H19N3O2/c1-3-19-10(2)14-17-15(20-18-14)12-8-11-6-4-5-7-13(11)16-9-12/h4-7,10,12,16H,3,8-9H2,1-2H3. The second-order valence-electron chi connectivity index (χ2n) is 5.03. The molecule has 2 heterocycles. The van der Waals surface area contributed by atoms with Crippen molar-refractivity contribution in [1.29, 1.82) is 0 Å². The molecule has 3 rings (SSSR count). The smallest absolute Gasteiger partial charge is 0.231 e. The Morgan fingerprint density at radius 3 is 3.15 bits per heavy atom. The lowest BCUT2D eigenvalue weighted by Gasteiger charge is -2.23. The van der Waals surface area contributed by atoms with Crippen molar-refractivity contribution in [2.45, 2.75) is 32.3 Å². The normalized spacial score (nSPS) is 19.2. The molecule has 0 amide bonds. The van der Waals surface area contributed by atoms with Crippen LogP contribution in [-0.2, 0) is 11.2 Å². The summed E-state index contributed by atoms with van der Waals surface area (Å²) in [5.41, 5.74) is 2.49. The van der Waals surface area contributed by atoms with E-state index < -0.39 is 0 Å². The van der Waals surface area contributed by atoms with Gasteiger partial charge < -0.3 is 14.6 Å². The number of aromatic nitrogens is 2. The van der Waals surface area contributed by atoms with Crippen LogP contribution in [0.25, 0.3) is 0 Å². The predicted octanol–water partition coefficient (Wildman–Crippen LogP) is 2.92. The third kappa shape index (κ3) is 2.54. The Labute approximate surface area is 118 Å². The Kier molecular flexibility index (Phi) is 3.69. The molecule has 0 radical (unpaired) electrons. The summed E-state index contributed by atoms with van der Waals surface area (Å²) < 4.78 is 10.9. The van der Waals surface area contributed by atoms with Gasteiger partial charge in [0.25, 0.3) is 0 Å². The van der Waals surface area contributed by atoms with Crippen LogP contribution < -0.4 is 5.32 Å². The van der Waals surface area contributed by atoms with Crippen LogP contribution in [0, 0.1) is 0 Å². The molecule has 0 fully saturated rings. The molecule has 1 aliphatic rings. The number of benzene rings is 1. The molecule has 0 saturated carbocycles. The van der Waals surface area contributed by atoms with E-state index in [1.54, 1.807) is 0 Å². The monoisotopic (exact) mass is 273 g/mol. The van der Waals surface area contributed by atoms with E-state index in [9.17, 15) is 0 Å². The van der Waals surface area contributed by atoms with Gasteiger partial charge in [0.05, 0.1) is 5.92 Å². The molecule has 0 saturated heterocycles. The van der Waals surface area contributed by atoms with Crippen LogP contribution in [0.4, 0.5) is 5.69 Å². The van der Waals surface area contributed by atoms with E-state index >= 15 is 0 Å². The van der Waals surface area contributed by atoms with E-state index in [2.05, 4.69) is 33.7 Å². The fourth-order valence-corrected chi connectivity index (χ4v) is 2.52. The van der Waals surface area contributed by atoms with Crippen LogP contribution >= 0.6 is 0 Å². The van der Waals surface area contributed by atoms with Crippen molar-refractivity contribution in [3.63, 3.8) is 0 Å². The molecule has 0 aliphatic carbocycles. The first-order valence-corrected chi connectivity index (χ1v) is 7.04. The third-order valence-electron chi connectivity index (χ3n) is 3.61. The highest BCUT2D eigenvalue weighted by Crippen LogP contribution is 2.30. The van der Waals surface area contributed by atoms with Crippen LogP contribution in [0.5, 0.6) is 0 Å². The molecule has 0 spiro atoms. The lowest BCUT2D eigenvalue weighted by atomic mass is 9.94. The molecule has 20 heavy (non-hydrogen) atoms. The van der Waals surface area contributed by atoms with Crippen LogP contribution in [0.3, 0.4) is 0 Å². The minimum Gasteiger partial charge on any atom is -0.384 e. The summed E-state index contributed by atoms with van der Waals surface area (Å²) in [5, 5.41) is 7.44. The number of anilines is 1. The van der Waals surface area contributed by atoms with Gasteiger partial charge in [-0.3, -0.25) is 0 Å². The highest BCUT2D eigenvalue weighted by atomic mass is 16.5. The molecule has 5 nitrogen and oxygen atoms in total. The van der Waals surface area contributed by atoms with Crippen molar-refractivity contribution < 1.29 is 9.26 Å². The Balaban J connectivity index is 1.75. The highest BCUT2D eigenvalue weighted by Gasteiger charge is 2.25. The van der Waals surface area contributed by atoms with Gasteiger partial charge in [0.15, 0.2) is 5.82 Å². The maximum absolute atomic E-state index is 5.48. The summed E-state index contributed by atoms with van der Waals surface area (Å²) in [5.74, 6) is 1.54. The number of rotatable bonds is 4. The topological polar surface area (TPSA) is 60.2 Å². The molecular formula is C15H19N3O2. The molecule has 5 heteroatoms. The molecular weight excluding hydrogens is 254 g/mol.